The molecule has 0 bridgehead atoms. The molecule has 24 rings (SSSR count). The second-order valence-electron chi connectivity index (χ2n) is 41.8. The number of hydrogen-bond acceptors (Lipinski definition) is 6. The molecule has 0 saturated carbocycles. The Kier molecular flexibility index (Phi) is 21.3. The van der Waals surface area contributed by atoms with Crippen LogP contribution in [0.3, 0.4) is 0 Å². The van der Waals surface area contributed by atoms with E-state index >= 15 is 0 Å². The Hall–Kier alpha value is -17.0. The third-order valence-corrected chi connectivity index (χ3v) is 28.3. The molecule has 140 heavy (non-hydrogen) atoms. The van der Waals surface area contributed by atoms with Crippen LogP contribution in [0.15, 0.2) is 353 Å². The van der Waals surface area contributed by atoms with Crippen molar-refractivity contribution in [3.63, 3.8) is 0 Å². The van der Waals surface area contributed by atoms with Crippen LogP contribution in [0.5, 0.6) is 0 Å². The third kappa shape index (κ3) is 15.0. The molecular weight excluding hydrogens is 1710 g/mol. The Bertz CT molecular complexity index is 8840. The number of nitrogens with zero attached hydrogens (tertiary/aromatic N) is 12. The van der Waals surface area contributed by atoms with E-state index in [0.717, 1.165) is 134 Å². The zero-order chi connectivity index (χ0) is 96.9. The van der Waals surface area contributed by atoms with Gasteiger partial charge in [0.25, 0.3) is 0 Å². The van der Waals surface area contributed by atoms with Crippen molar-refractivity contribution in [2.75, 3.05) is 0 Å². The van der Waals surface area contributed by atoms with Gasteiger partial charge >= 0.3 is 0 Å². The lowest BCUT2D eigenvalue weighted by atomic mass is 9.86. The van der Waals surface area contributed by atoms with Gasteiger partial charge in [-0.2, -0.15) is 15.8 Å². The fourth-order valence-electron chi connectivity index (χ4n) is 21.3. The molecular formula is C128H106N12. The minimum absolute atomic E-state index is 0.0190. The first kappa shape index (κ1) is 88.3. The molecule has 0 atom stereocenters. The number of benzene rings is 15. The number of rotatable bonds is 9. The summed E-state index contributed by atoms with van der Waals surface area (Å²) in [4.78, 5) is 14.9. The van der Waals surface area contributed by atoms with E-state index in [1.54, 1.807) is 0 Å². The second kappa shape index (κ2) is 33.8. The maximum absolute atomic E-state index is 10.0. The molecule has 0 radical (unpaired) electrons. The van der Waals surface area contributed by atoms with Crippen LogP contribution < -0.4 is 0 Å². The molecule has 0 saturated heterocycles. The minimum atomic E-state index is -0.0206. The SMILES string of the molecule is CC(C)(C)c1ccc2c(c1)c1ccccc1n2-c1cncc(-n2c3ccccc3c3cc(C(C)(C)C)ccc32)c1-c1cccc(C#N)c1.CC(C)(C)c1ccc2c3ccccc3n(-c3cncc(-n4c5ccccc5c5ccc(C(C)(C)C)cc54)c3-c3cccc(C#N)c3)c2c1.Cc1ccc2c(c1)c1cc(C)ccc1n2-c1cncc(-n2c3ccc(C)cc3c3cc(C)ccc32)c1-c1cccc(C#N)c1. The molecule has 12 nitrogen and oxygen atoms in total. The number of nitriles is 3. The van der Waals surface area contributed by atoms with Crippen LogP contribution in [-0.4, -0.2) is 42.4 Å². The van der Waals surface area contributed by atoms with Gasteiger partial charge in [-0.1, -0.05) is 275 Å². The van der Waals surface area contributed by atoms with Crippen LogP contribution in [0.4, 0.5) is 0 Å². The summed E-state index contributed by atoms with van der Waals surface area (Å²) in [6, 6.07) is 120. The van der Waals surface area contributed by atoms with Crippen LogP contribution in [0.2, 0.25) is 0 Å². The first-order valence-corrected chi connectivity index (χ1v) is 48.2. The van der Waals surface area contributed by atoms with Gasteiger partial charge in [0, 0.05) is 81.3 Å². The molecule has 12 heteroatoms. The maximum atomic E-state index is 10.0. The van der Waals surface area contributed by atoms with Crippen molar-refractivity contribution in [1.29, 1.82) is 15.8 Å². The fraction of sp³-hybridized carbons (Fsp3) is 0.156. The highest BCUT2D eigenvalue weighted by Crippen LogP contribution is 2.49. The smallest absolute Gasteiger partial charge is 0.0991 e. The van der Waals surface area contributed by atoms with Crippen molar-refractivity contribution in [1.82, 2.24) is 42.4 Å². The van der Waals surface area contributed by atoms with E-state index in [1.165, 1.54) is 109 Å². The lowest BCUT2D eigenvalue weighted by Gasteiger charge is -2.22. The van der Waals surface area contributed by atoms with Gasteiger partial charge in [0.2, 0.25) is 0 Å². The van der Waals surface area contributed by atoms with E-state index in [1.807, 2.05) is 91.8 Å². The Balaban J connectivity index is 0.000000121. The molecule has 0 spiro atoms. The lowest BCUT2D eigenvalue weighted by Crippen LogP contribution is -2.11. The monoisotopic (exact) mass is 1810 g/mol. The van der Waals surface area contributed by atoms with Crippen molar-refractivity contribution >= 4 is 131 Å². The van der Waals surface area contributed by atoms with Gasteiger partial charge in [0.1, 0.15) is 0 Å². The zero-order valence-electron chi connectivity index (χ0n) is 81.9. The number of aromatic nitrogens is 9. The summed E-state index contributed by atoms with van der Waals surface area (Å²) in [6.45, 7) is 35.7. The number of aryl methyl sites for hydroxylation is 4. The summed E-state index contributed by atoms with van der Waals surface area (Å²) < 4.78 is 14.1. The number of hydrogen-bond donors (Lipinski definition) is 0. The van der Waals surface area contributed by atoms with Crippen molar-refractivity contribution in [2.45, 2.75) is 132 Å². The average Bonchev–Trinajstić information content (AvgIpc) is 1.56. The molecule has 9 heterocycles. The van der Waals surface area contributed by atoms with E-state index in [-0.39, 0.29) is 21.7 Å². The summed E-state index contributed by atoms with van der Waals surface area (Å²) in [5.74, 6) is 0. The van der Waals surface area contributed by atoms with Crippen molar-refractivity contribution < 1.29 is 0 Å². The van der Waals surface area contributed by atoms with Gasteiger partial charge in [0.15, 0.2) is 0 Å². The van der Waals surface area contributed by atoms with Crippen LogP contribution in [-0.2, 0) is 21.7 Å². The van der Waals surface area contributed by atoms with Gasteiger partial charge in [-0.3, -0.25) is 15.0 Å². The average molecular weight is 1810 g/mol. The normalized spacial score (nSPS) is 12.1. The Morgan fingerprint density at radius 3 is 0.657 bits per heavy atom. The Morgan fingerprint density at radius 2 is 0.400 bits per heavy atom. The predicted molar refractivity (Wildman–Crippen MR) is 583 cm³/mol. The number of para-hydroxylation sites is 4. The summed E-state index contributed by atoms with van der Waals surface area (Å²) in [5.41, 5.74) is 37.2. The van der Waals surface area contributed by atoms with Gasteiger partial charge in [-0.05, 0) is 234 Å². The molecule has 0 aliphatic heterocycles. The largest absolute Gasteiger partial charge is 0.307 e. The summed E-state index contributed by atoms with van der Waals surface area (Å²) in [6.07, 6.45) is 11.9. The Labute approximate surface area is 815 Å². The number of pyridine rings is 3. The molecule has 15 aromatic carbocycles. The summed E-state index contributed by atoms with van der Waals surface area (Å²) in [5, 5.41) is 44.4. The molecule has 9 aromatic heterocycles. The van der Waals surface area contributed by atoms with E-state index in [0.29, 0.717) is 16.7 Å². The molecule has 0 fully saturated rings. The maximum Gasteiger partial charge on any atom is 0.0991 e. The van der Waals surface area contributed by atoms with Crippen molar-refractivity contribution in [3.05, 3.63) is 414 Å². The quantitative estimate of drug-likeness (QED) is 0.141. The highest BCUT2D eigenvalue weighted by atomic mass is 15.1. The van der Waals surface area contributed by atoms with Crippen LogP contribution in [0.25, 0.3) is 198 Å². The van der Waals surface area contributed by atoms with Crippen LogP contribution in [0, 0.1) is 61.7 Å². The van der Waals surface area contributed by atoms with Gasteiger partial charge in [-0.15, -0.1) is 0 Å². The molecule has 0 unspecified atom stereocenters. The van der Waals surface area contributed by atoms with Crippen molar-refractivity contribution in [2.24, 2.45) is 0 Å². The minimum Gasteiger partial charge on any atom is -0.307 e. The summed E-state index contributed by atoms with van der Waals surface area (Å²) in [7, 11) is 0. The molecule has 0 aliphatic rings. The first-order chi connectivity index (χ1) is 67.5. The topological polar surface area (TPSA) is 140 Å². The number of fused-ring (bicyclic) bond motifs is 18. The predicted octanol–water partition coefficient (Wildman–Crippen LogP) is 32.9. The summed E-state index contributed by atoms with van der Waals surface area (Å²) >= 11 is 0. The fourth-order valence-corrected chi connectivity index (χ4v) is 21.3. The molecule has 678 valence electrons. The zero-order valence-corrected chi connectivity index (χ0v) is 81.9. The van der Waals surface area contributed by atoms with Crippen molar-refractivity contribution in [3.8, 4) is 85.7 Å². The van der Waals surface area contributed by atoms with E-state index in [2.05, 4.69) is 417 Å². The van der Waals surface area contributed by atoms with Crippen LogP contribution >= 0.6 is 0 Å². The van der Waals surface area contributed by atoms with E-state index in [9.17, 15) is 15.8 Å². The highest BCUT2D eigenvalue weighted by Gasteiger charge is 2.31. The first-order valence-electron chi connectivity index (χ1n) is 48.2. The molecule has 0 aliphatic carbocycles. The second-order valence-corrected chi connectivity index (χ2v) is 41.8. The molecule has 0 N–H and O–H groups in total. The Morgan fingerprint density at radius 1 is 0.193 bits per heavy atom. The third-order valence-electron chi connectivity index (χ3n) is 28.3. The van der Waals surface area contributed by atoms with Gasteiger partial charge in [0.05, 0.1) is 172 Å². The van der Waals surface area contributed by atoms with Crippen LogP contribution in [0.1, 0.15) is 144 Å². The standard InChI is InChI=1S/2C44H38N4.C40H30N4/c1-43(2,3)30-18-20-38-34(23-30)32-14-7-9-16-36(32)47(38)40-26-46-27-41(42(40)29-13-11-12-28(22-29)25-45)48-37-17-10-8-15-33(37)35-24-31(44(4,5)6)19-21-39(35)48;1-43(2,3)30-18-20-34-32-14-7-9-16-36(32)47(38(34)23-30)40-26-46-27-41(42(40)29-13-11-12-28(22-29)25-45)48-37-17-10-8-15-33(37)35-21-19-31(24-39(35)48)44(4,5)6;1-24-8-12-34-30(16-24)31-17-25(2)9-13-35(31)43(34)38-22-42-23-39(40(38)29-7-5-6-28(20-29)21-41)44-36-14-10-26(3)18-32(36)33-19-27(4)11-15-37(33)44/h2*7-24,26-27H,1-6H3;5-20,22-23H,1-4H3. The van der Waals surface area contributed by atoms with E-state index in [4.69, 9.17) is 15.0 Å². The molecule has 0 amide bonds. The van der Waals surface area contributed by atoms with E-state index < -0.39 is 0 Å². The highest BCUT2D eigenvalue weighted by molar-refractivity contribution is 6.17. The molecule has 24 aromatic rings. The lowest BCUT2D eigenvalue weighted by molar-refractivity contribution is 0.590. The van der Waals surface area contributed by atoms with Gasteiger partial charge < -0.3 is 27.4 Å². The van der Waals surface area contributed by atoms with Gasteiger partial charge in [-0.25, -0.2) is 0 Å².